The van der Waals surface area contributed by atoms with Gasteiger partial charge in [-0.3, -0.25) is 18.6 Å². The van der Waals surface area contributed by atoms with E-state index in [-0.39, 0.29) is 13.0 Å². The van der Waals surface area contributed by atoms with Crippen molar-refractivity contribution in [3.63, 3.8) is 0 Å². The van der Waals surface area contributed by atoms with Crippen molar-refractivity contribution in [3.05, 3.63) is 48.6 Å². The molecule has 0 radical (unpaired) electrons. The fourth-order valence-electron chi connectivity index (χ4n) is 7.89. The van der Waals surface area contributed by atoms with Gasteiger partial charge in [0.25, 0.3) is 0 Å². The number of aliphatic carboxylic acids is 1. The minimum Gasteiger partial charge on any atom is -0.480 e. The molecule has 67 heavy (non-hydrogen) atoms. The molecule has 0 bridgehead atoms. The van der Waals surface area contributed by atoms with Gasteiger partial charge in [-0.25, -0.2) is 4.57 Å². The van der Waals surface area contributed by atoms with E-state index in [1.54, 1.807) is 0 Å². The van der Waals surface area contributed by atoms with Crippen molar-refractivity contribution in [2.24, 2.45) is 5.73 Å². The summed E-state index contributed by atoms with van der Waals surface area (Å²) in [7, 11) is -4.63. The van der Waals surface area contributed by atoms with Gasteiger partial charge in [0.1, 0.15) is 12.1 Å². The zero-order valence-electron chi connectivity index (χ0n) is 43.2. The molecule has 0 heterocycles. The van der Waals surface area contributed by atoms with E-state index in [0.29, 0.717) is 13.0 Å². The number of hydrogen-bond acceptors (Lipinski definition) is 8. The highest BCUT2D eigenvalue weighted by molar-refractivity contribution is 7.47. The van der Waals surface area contributed by atoms with Gasteiger partial charge in [0.2, 0.25) is 0 Å². The fraction of sp³-hybridized carbons (Fsp3) is 0.821. The smallest absolute Gasteiger partial charge is 0.472 e. The molecule has 0 aliphatic carbocycles. The van der Waals surface area contributed by atoms with Crippen molar-refractivity contribution in [1.82, 2.24) is 0 Å². The summed E-state index contributed by atoms with van der Waals surface area (Å²) >= 11 is 0. The fourth-order valence-corrected chi connectivity index (χ4v) is 8.67. The van der Waals surface area contributed by atoms with Crippen LogP contribution in [0, 0.1) is 0 Å². The maximum atomic E-state index is 12.7. The number of unbranched alkanes of at least 4 members (excludes halogenated alkanes) is 31. The lowest BCUT2D eigenvalue weighted by Gasteiger charge is -2.20. The number of rotatable bonds is 53. The predicted octanol–water partition coefficient (Wildman–Crippen LogP) is 16.5. The maximum absolute atomic E-state index is 12.7. The molecule has 0 fully saturated rings. The Bertz CT molecular complexity index is 1250. The first-order chi connectivity index (χ1) is 32.7. The van der Waals surface area contributed by atoms with E-state index in [4.69, 9.17) is 29.4 Å². The number of esters is 1. The van der Waals surface area contributed by atoms with E-state index in [1.807, 2.05) is 0 Å². The first kappa shape index (κ1) is 64.9. The second-order valence-electron chi connectivity index (χ2n) is 18.7. The highest BCUT2D eigenvalue weighted by atomic mass is 31.2. The summed E-state index contributed by atoms with van der Waals surface area (Å²) in [6.07, 6.45) is 63.2. The summed E-state index contributed by atoms with van der Waals surface area (Å²) in [5, 5.41) is 8.95. The average Bonchev–Trinajstić information content (AvgIpc) is 3.31. The maximum Gasteiger partial charge on any atom is 0.472 e. The third-order valence-electron chi connectivity index (χ3n) is 12.1. The Hall–Kier alpha value is -2.07. The molecule has 0 aromatic carbocycles. The molecule has 0 aromatic heterocycles. The molecule has 0 rings (SSSR count). The molecule has 0 aromatic rings. The Labute approximate surface area is 411 Å². The Balaban J connectivity index is 4.08. The lowest BCUT2D eigenvalue weighted by molar-refractivity contribution is -0.154. The lowest BCUT2D eigenvalue weighted by atomic mass is 10.0. The van der Waals surface area contributed by atoms with Crippen molar-refractivity contribution >= 4 is 19.8 Å². The van der Waals surface area contributed by atoms with Crippen LogP contribution >= 0.6 is 7.82 Å². The minimum atomic E-state index is -4.63. The second-order valence-corrected chi connectivity index (χ2v) is 20.1. The van der Waals surface area contributed by atoms with E-state index in [0.717, 1.165) is 70.6 Å². The predicted molar refractivity (Wildman–Crippen MR) is 281 cm³/mol. The number of ether oxygens (including phenoxy) is 2. The standard InChI is InChI=1S/C56H104NO9P/c1-3-5-7-9-11-13-15-17-19-21-23-25-27-28-30-32-34-36-38-40-42-44-46-48-55(58)66-53(51-64-67(61,62)65-52-54(57)56(59)60)50-63-49-47-45-43-41-39-37-35-33-31-29-26-24-22-20-18-16-14-12-10-8-6-4-2/h5,7,11,13,17,19,23,25,53-54H,3-4,6,8-10,12,14-16,18,20-22,24,26-52,57H2,1-2H3,(H,59,60)(H,61,62)/b7-5-,13-11-,19-17-,25-23-. The Morgan fingerprint density at radius 2 is 0.866 bits per heavy atom. The van der Waals surface area contributed by atoms with Gasteiger partial charge in [-0.1, -0.05) is 249 Å². The van der Waals surface area contributed by atoms with Crippen molar-refractivity contribution in [1.29, 1.82) is 0 Å². The van der Waals surface area contributed by atoms with Gasteiger partial charge in [0.05, 0.1) is 19.8 Å². The number of phosphoric acid groups is 1. The van der Waals surface area contributed by atoms with Crippen LogP contribution in [-0.2, 0) is 32.7 Å². The van der Waals surface area contributed by atoms with E-state index in [9.17, 15) is 19.0 Å². The molecule has 11 heteroatoms. The van der Waals surface area contributed by atoms with Gasteiger partial charge in [0, 0.05) is 13.0 Å². The first-order valence-electron chi connectivity index (χ1n) is 27.7. The summed E-state index contributed by atoms with van der Waals surface area (Å²) < 4.78 is 33.6. The van der Waals surface area contributed by atoms with Crippen molar-refractivity contribution in [2.45, 2.75) is 270 Å². The van der Waals surface area contributed by atoms with Crippen molar-refractivity contribution in [3.8, 4) is 0 Å². The molecule has 3 atom stereocenters. The molecule has 10 nitrogen and oxygen atoms in total. The van der Waals surface area contributed by atoms with Gasteiger partial charge in [0.15, 0.2) is 0 Å². The molecule has 0 saturated carbocycles. The Morgan fingerprint density at radius 3 is 1.30 bits per heavy atom. The van der Waals surface area contributed by atoms with E-state index >= 15 is 0 Å². The van der Waals surface area contributed by atoms with Crippen LogP contribution in [0.4, 0.5) is 0 Å². The van der Waals surface area contributed by atoms with Gasteiger partial charge < -0.3 is 25.2 Å². The van der Waals surface area contributed by atoms with Crippen molar-refractivity contribution < 1.29 is 42.7 Å². The summed E-state index contributed by atoms with van der Waals surface area (Å²) in [5.74, 6) is -1.77. The minimum absolute atomic E-state index is 0.0179. The van der Waals surface area contributed by atoms with Crippen LogP contribution in [0.15, 0.2) is 48.6 Å². The molecule has 0 aliphatic rings. The number of carboxylic acids is 1. The molecule has 3 unspecified atom stereocenters. The highest BCUT2D eigenvalue weighted by Crippen LogP contribution is 2.43. The van der Waals surface area contributed by atoms with Gasteiger partial charge in [-0.2, -0.15) is 0 Å². The molecule has 392 valence electrons. The Morgan fingerprint density at radius 1 is 0.493 bits per heavy atom. The number of carbonyl (C=O) groups excluding carboxylic acids is 1. The third kappa shape index (κ3) is 51.6. The molecule has 4 N–H and O–H groups in total. The van der Waals surface area contributed by atoms with Crippen LogP contribution in [-0.4, -0.2) is 60.5 Å². The van der Waals surface area contributed by atoms with Crippen LogP contribution < -0.4 is 5.73 Å². The van der Waals surface area contributed by atoms with Crippen LogP contribution in [0.2, 0.25) is 0 Å². The number of carbonyl (C=O) groups is 2. The van der Waals surface area contributed by atoms with E-state index < -0.39 is 45.1 Å². The Kier molecular flexibility index (Phi) is 50.2. The quantitative estimate of drug-likeness (QED) is 0.0232. The number of phosphoric ester groups is 1. The number of hydrogen-bond donors (Lipinski definition) is 3. The normalized spacial score (nSPS) is 14.0. The zero-order valence-corrected chi connectivity index (χ0v) is 44.1. The van der Waals surface area contributed by atoms with Gasteiger partial charge in [-0.05, 0) is 51.4 Å². The van der Waals surface area contributed by atoms with Gasteiger partial charge >= 0.3 is 19.8 Å². The number of nitrogens with two attached hydrogens (primary N) is 1. The largest absolute Gasteiger partial charge is 0.480 e. The molecular formula is C56H104NO9P. The third-order valence-corrected chi connectivity index (χ3v) is 13.1. The SMILES string of the molecule is CC/C=C\C/C=C\C/C=C\C/C=C\CCCCCCCCCCCCC(=O)OC(COCCCCCCCCCCCCCCCCCCCCCCCC)COP(=O)(O)OCC(N)C(=O)O. The zero-order chi connectivity index (χ0) is 49.0. The summed E-state index contributed by atoms with van der Waals surface area (Å²) in [6.45, 7) is 3.82. The molecular weight excluding hydrogens is 862 g/mol. The summed E-state index contributed by atoms with van der Waals surface area (Å²) in [5.41, 5.74) is 5.39. The average molecular weight is 966 g/mol. The highest BCUT2D eigenvalue weighted by Gasteiger charge is 2.27. The summed E-state index contributed by atoms with van der Waals surface area (Å²) in [4.78, 5) is 33.8. The molecule has 0 saturated heterocycles. The van der Waals surface area contributed by atoms with Crippen LogP contribution in [0.5, 0.6) is 0 Å². The van der Waals surface area contributed by atoms with Crippen LogP contribution in [0.25, 0.3) is 0 Å². The number of allylic oxidation sites excluding steroid dienone is 8. The van der Waals surface area contributed by atoms with Crippen LogP contribution in [0.3, 0.4) is 0 Å². The van der Waals surface area contributed by atoms with E-state index in [2.05, 4.69) is 62.5 Å². The van der Waals surface area contributed by atoms with Crippen LogP contribution in [0.1, 0.15) is 258 Å². The topological polar surface area (TPSA) is 155 Å². The van der Waals surface area contributed by atoms with Gasteiger partial charge in [-0.15, -0.1) is 0 Å². The monoisotopic (exact) mass is 966 g/mol. The molecule has 0 amide bonds. The molecule has 0 aliphatic heterocycles. The summed E-state index contributed by atoms with van der Waals surface area (Å²) in [6, 6.07) is -1.47. The van der Waals surface area contributed by atoms with E-state index in [1.165, 1.54) is 161 Å². The lowest BCUT2D eigenvalue weighted by Crippen LogP contribution is -2.34. The second kappa shape index (κ2) is 51.8. The number of carboxylic acid groups (broad SMARTS) is 1. The van der Waals surface area contributed by atoms with Crippen molar-refractivity contribution in [2.75, 3.05) is 26.4 Å². The first-order valence-corrected chi connectivity index (χ1v) is 29.2. The molecule has 0 spiro atoms.